The first-order valence-corrected chi connectivity index (χ1v) is 7.46. The lowest BCUT2D eigenvalue weighted by Gasteiger charge is -2.28. The van der Waals surface area contributed by atoms with Crippen LogP contribution in [0.3, 0.4) is 0 Å². The molecule has 3 aliphatic carbocycles. The van der Waals surface area contributed by atoms with Crippen molar-refractivity contribution < 1.29 is 9.53 Å². The second-order valence-corrected chi connectivity index (χ2v) is 6.55. The van der Waals surface area contributed by atoms with E-state index < -0.39 is 0 Å². The van der Waals surface area contributed by atoms with E-state index in [4.69, 9.17) is 4.74 Å². The molecule has 0 aliphatic heterocycles. The standard InChI is InChI=1S/C14H19BrO2/c1-17-11-10(15)13(6-2-3-7-13)12(16)14(11)8-4-5-9-14/h2-9H2,1H3. The van der Waals surface area contributed by atoms with Gasteiger partial charge in [0.15, 0.2) is 5.78 Å². The highest BCUT2D eigenvalue weighted by atomic mass is 79.9. The van der Waals surface area contributed by atoms with Crippen LogP contribution in [0.2, 0.25) is 0 Å². The van der Waals surface area contributed by atoms with E-state index in [1.54, 1.807) is 7.11 Å². The molecule has 2 saturated carbocycles. The molecule has 0 bridgehead atoms. The normalized spacial score (nSPS) is 29.9. The molecular formula is C14H19BrO2. The SMILES string of the molecule is COC1=C(Br)C2(CCCC2)C(=O)C12CCCC2. The summed E-state index contributed by atoms with van der Waals surface area (Å²) in [6.45, 7) is 0. The van der Waals surface area contributed by atoms with Gasteiger partial charge in [0.05, 0.1) is 17.9 Å². The molecule has 0 radical (unpaired) electrons. The Balaban J connectivity index is 2.12. The van der Waals surface area contributed by atoms with Crippen molar-refractivity contribution in [2.24, 2.45) is 10.8 Å². The van der Waals surface area contributed by atoms with Gasteiger partial charge in [0, 0.05) is 4.48 Å². The third-order valence-corrected chi connectivity index (χ3v) is 6.16. The Bertz CT molecular complexity index is 385. The number of carbonyl (C=O) groups is 1. The Labute approximate surface area is 111 Å². The number of halogens is 1. The molecule has 3 aliphatic rings. The summed E-state index contributed by atoms with van der Waals surface area (Å²) in [4.78, 5) is 13.0. The summed E-state index contributed by atoms with van der Waals surface area (Å²) >= 11 is 3.71. The third-order valence-electron chi connectivity index (χ3n) is 5.04. The topological polar surface area (TPSA) is 26.3 Å². The lowest BCUT2D eigenvalue weighted by atomic mass is 9.74. The highest BCUT2D eigenvalue weighted by Gasteiger charge is 2.62. The molecule has 0 N–H and O–H groups in total. The van der Waals surface area contributed by atoms with E-state index in [-0.39, 0.29) is 10.8 Å². The highest BCUT2D eigenvalue weighted by molar-refractivity contribution is 9.11. The summed E-state index contributed by atoms with van der Waals surface area (Å²) in [6.07, 6.45) is 8.69. The first kappa shape index (κ1) is 11.8. The van der Waals surface area contributed by atoms with Gasteiger partial charge >= 0.3 is 0 Å². The Morgan fingerprint density at radius 2 is 1.47 bits per heavy atom. The molecule has 3 rings (SSSR count). The van der Waals surface area contributed by atoms with Crippen LogP contribution in [0.25, 0.3) is 0 Å². The summed E-state index contributed by atoms with van der Waals surface area (Å²) < 4.78 is 6.71. The van der Waals surface area contributed by atoms with E-state index in [0.29, 0.717) is 5.78 Å². The molecular weight excluding hydrogens is 280 g/mol. The summed E-state index contributed by atoms with van der Waals surface area (Å²) in [5, 5.41) is 0. The van der Waals surface area contributed by atoms with E-state index in [9.17, 15) is 4.79 Å². The van der Waals surface area contributed by atoms with E-state index in [1.807, 2.05) is 0 Å². The molecule has 94 valence electrons. The summed E-state index contributed by atoms with van der Waals surface area (Å²) in [5.74, 6) is 1.42. The molecule has 0 saturated heterocycles. The Hall–Kier alpha value is -0.310. The monoisotopic (exact) mass is 298 g/mol. The second-order valence-electron chi connectivity index (χ2n) is 5.75. The van der Waals surface area contributed by atoms with Crippen molar-refractivity contribution in [3.63, 3.8) is 0 Å². The van der Waals surface area contributed by atoms with Crippen LogP contribution in [0.5, 0.6) is 0 Å². The summed E-state index contributed by atoms with van der Waals surface area (Å²) in [6, 6.07) is 0. The molecule has 2 nitrogen and oxygen atoms in total. The quantitative estimate of drug-likeness (QED) is 0.733. The molecule has 0 atom stereocenters. The van der Waals surface area contributed by atoms with Crippen molar-refractivity contribution >= 4 is 21.7 Å². The Morgan fingerprint density at radius 1 is 1.00 bits per heavy atom. The van der Waals surface area contributed by atoms with Gasteiger partial charge in [-0.2, -0.15) is 0 Å². The van der Waals surface area contributed by atoms with Crippen LogP contribution in [0.1, 0.15) is 51.4 Å². The van der Waals surface area contributed by atoms with Crippen molar-refractivity contribution in [3.05, 3.63) is 10.2 Å². The molecule has 0 aromatic carbocycles. The van der Waals surface area contributed by atoms with Crippen LogP contribution in [0.4, 0.5) is 0 Å². The zero-order chi connectivity index (χ0) is 12.1. The largest absolute Gasteiger partial charge is 0.499 e. The van der Waals surface area contributed by atoms with Crippen molar-refractivity contribution in [2.45, 2.75) is 51.4 Å². The average Bonchev–Trinajstić information content (AvgIpc) is 3.01. The minimum atomic E-state index is -0.266. The van der Waals surface area contributed by atoms with Crippen molar-refractivity contribution in [3.8, 4) is 0 Å². The number of ether oxygens (including phenoxy) is 1. The fourth-order valence-corrected chi connectivity index (χ4v) is 5.35. The first-order chi connectivity index (χ1) is 8.17. The molecule has 2 spiro atoms. The van der Waals surface area contributed by atoms with E-state index >= 15 is 0 Å². The van der Waals surface area contributed by atoms with Gasteiger partial charge in [-0.1, -0.05) is 41.6 Å². The highest BCUT2D eigenvalue weighted by Crippen LogP contribution is 2.64. The summed E-state index contributed by atoms with van der Waals surface area (Å²) in [5.41, 5.74) is -0.479. The number of Topliss-reactive ketones (excluding diaryl/α,β-unsaturated/α-hetero) is 1. The third kappa shape index (κ3) is 1.29. The Kier molecular flexibility index (Phi) is 2.66. The maximum absolute atomic E-state index is 13.0. The maximum atomic E-state index is 13.0. The smallest absolute Gasteiger partial charge is 0.157 e. The van der Waals surface area contributed by atoms with Gasteiger partial charge in [-0.3, -0.25) is 4.79 Å². The van der Waals surface area contributed by atoms with Crippen molar-refractivity contribution in [1.29, 1.82) is 0 Å². The van der Waals surface area contributed by atoms with E-state index in [2.05, 4.69) is 15.9 Å². The minimum Gasteiger partial charge on any atom is -0.499 e. The van der Waals surface area contributed by atoms with Crippen LogP contribution in [0.15, 0.2) is 10.2 Å². The minimum absolute atomic E-state index is 0.213. The molecule has 3 heteroatoms. The maximum Gasteiger partial charge on any atom is 0.157 e. The Morgan fingerprint density at radius 3 is 1.94 bits per heavy atom. The molecule has 0 heterocycles. The molecule has 17 heavy (non-hydrogen) atoms. The van der Waals surface area contributed by atoms with E-state index in [1.165, 1.54) is 12.8 Å². The van der Waals surface area contributed by atoms with Gasteiger partial charge < -0.3 is 4.74 Å². The molecule has 0 amide bonds. The van der Waals surface area contributed by atoms with Gasteiger partial charge in [-0.25, -0.2) is 0 Å². The molecule has 2 fully saturated rings. The van der Waals surface area contributed by atoms with Gasteiger partial charge in [-0.15, -0.1) is 0 Å². The zero-order valence-electron chi connectivity index (χ0n) is 10.4. The number of hydrogen-bond donors (Lipinski definition) is 0. The summed E-state index contributed by atoms with van der Waals surface area (Å²) in [7, 11) is 1.72. The van der Waals surface area contributed by atoms with Crippen LogP contribution in [0, 0.1) is 10.8 Å². The van der Waals surface area contributed by atoms with Crippen molar-refractivity contribution in [1.82, 2.24) is 0 Å². The number of rotatable bonds is 1. The number of allylic oxidation sites excluding steroid dienone is 2. The van der Waals surface area contributed by atoms with Crippen LogP contribution in [-0.4, -0.2) is 12.9 Å². The molecule has 0 aromatic rings. The lowest BCUT2D eigenvalue weighted by Crippen LogP contribution is -2.35. The average molecular weight is 299 g/mol. The van der Waals surface area contributed by atoms with Crippen LogP contribution < -0.4 is 0 Å². The molecule has 0 aromatic heterocycles. The molecule has 0 unspecified atom stereocenters. The van der Waals surface area contributed by atoms with Gasteiger partial charge in [-0.05, 0) is 25.7 Å². The van der Waals surface area contributed by atoms with E-state index in [0.717, 1.165) is 48.8 Å². The van der Waals surface area contributed by atoms with Gasteiger partial charge in [0.1, 0.15) is 5.76 Å². The lowest BCUT2D eigenvalue weighted by molar-refractivity contribution is -0.133. The number of carbonyl (C=O) groups excluding carboxylic acids is 1. The fraction of sp³-hybridized carbons (Fsp3) is 0.786. The first-order valence-electron chi connectivity index (χ1n) is 6.67. The second kappa shape index (κ2) is 3.84. The fourth-order valence-electron chi connectivity index (χ4n) is 4.23. The number of hydrogen-bond acceptors (Lipinski definition) is 2. The van der Waals surface area contributed by atoms with Crippen LogP contribution in [-0.2, 0) is 9.53 Å². The van der Waals surface area contributed by atoms with Crippen molar-refractivity contribution in [2.75, 3.05) is 7.11 Å². The van der Waals surface area contributed by atoms with Crippen LogP contribution >= 0.6 is 15.9 Å². The predicted octanol–water partition coefficient (Wildman–Crippen LogP) is 3.94. The predicted molar refractivity (Wildman–Crippen MR) is 69.8 cm³/mol. The van der Waals surface area contributed by atoms with Gasteiger partial charge in [0.2, 0.25) is 0 Å². The van der Waals surface area contributed by atoms with Gasteiger partial charge in [0.25, 0.3) is 0 Å². The number of ketones is 1. The number of methoxy groups -OCH3 is 1. The zero-order valence-corrected chi connectivity index (χ0v) is 11.9.